The molecule has 13 heavy (non-hydrogen) atoms. The first-order valence-electron chi connectivity index (χ1n) is 3.51. The zero-order chi connectivity index (χ0) is 10.0. The van der Waals surface area contributed by atoms with Crippen LogP contribution in [0.25, 0.3) is 0 Å². The summed E-state index contributed by atoms with van der Waals surface area (Å²) in [7, 11) is 0. The van der Waals surface area contributed by atoms with Crippen LogP contribution in [0, 0.1) is 18.3 Å². The minimum absolute atomic E-state index is 0.130. The largest absolute Gasteiger partial charge is 0.397 e. The van der Waals surface area contributed by atoms with Crippen molar-refractivity contribution < 1.29 is 8.78 Å². The van der Waals surface area contributed by atoms with Crippen LogP contribution in [0.1, 0.15) is 23.2 Å². The Morgan fingerprint density at radius 3 is 2.69 bits per heavy atom. The van der Waals surface area contributed by atoms with Crippen molar-refractivity contribution in [1.82, 2.24) is 4.98 Å². The van der Waals surface area contributed by atoms with Gasteiger partial charge in [0.25, 0.3) is 6.43 Å². The van der Waals surface area contributed by atoms with Gasteiger partial charge in [-0.25, -0.2) is 8.78 Å². The molecule has 0 saturated carbocycles. The van der Waals surface area contributed by atoms with Gasteiger partial charge in [0.1, 0.15) is 11.8 Å². The standard InChI is InChI=1S/C8H7F2N3/c1-4-5(2-11)7(8(9)10)13-3-6(4)12/h3,8H,12H2,1H3. The molecule has 1 aromatic rings. The Bertz CT molecular complexity index is 368. The monoisotopic (exact) mass is 183 g/mol. The Hall–Kier alpha value is -1.70. The van der Waals surface area contributed by atoms with Crippen molar-refractivity contribution in [3.05, 3.63) is 23.0 Å². The van der Waals surface area contributed by atoms with E-state index in [0.717, 1.165) is 6.20 Å². The molecule has 0 fully saturated rings. The number of aromatic nitrogens is 1. The van der Waals surface area contributed by atoms with E-state index >= 15 is 0 Å². The number of nitrogens with zero attached hydrogens (tertiary/aromatic N) is 2. The number of nitrogens with two attached hydrogens (primary N) is 1. The van der Waals surface area contributed by atoms with Crippen molar-refractivity contribution in [1.29, 1.82) is 5.26 Å². The van der Waals surface area contributed by atoms with Gasteiger partial charge < -0.3 is 5.73 Å². The SMILES string of the molecule is Cc1c(N)cnc(C(F)F)c1C#N. The summed E-state index contributed by atoms with van der Waals surface area (Å²) in [4.78, 5) is 3.41. The molecule has 1 heterocycles. The molecule has 5 heteroatoms. The van der Waals surface area contributed by atoms with E-state index in [9.17, 15) is 8.78 Å². The number of nitrogen functional groups attached to an aromatic ring is 1. The molecule has 0 amide bonds. The molecule has 1 rings (SSSR count). The summed E-state index contributed by atoms with van der Waals surface area (Å²) in [6.07, 6.45) is -1.61. The molecular formula is C8H7F2N3. The third kappa shape index (κ3) is 1.56. The quantitative estimate of drug-likeness (QED) is 0.721. The first-order valence-corrected chi connectivity index (χ1v) is 3.51. The number of hydrogen-bond acceptors (Lipinski definition) is 3. The van der Waals surface area contributed by atoms with Crippen molar-refractivity contribution in [2.24, 2.45) is 0 Å². The van der Waals surface area contributed by atoms with Gasteiger partial charge in [0, 0.05) is 0 Å². The number of nitriles is 1. The number of halogens is 2. The van der Waals surface area contributed by atoms with Crippen molar-refractivity contribution in [2.45, 2.75) is 13.3 Å². The number of pyridine rings is 1. The average Bonchev–Trinajstić information content (AvgIpc) is 2.09. The predicted octanol–water partition coefficient (Wildman–Crippen LogP) is 1.78. The van der Waals surface area contributed by atoms with E-state index < -0.39 is 12.1 Å². The maximum Gasteiger partial charge on any atom is 0.281 e. The fourth-order valence-corrected chi connectivity index (χ4v) is 0.943. The second-order valence-corrected chi connectivity index (χ2v) is 2.51. The minimum Gasteiger partial charge on any atom is -0.397 e. The van der Waals surface area contributed by atoms with Crippen LogP contribution >= 0.6 is 0 Å². The van der Waals surface area contributed by atoms with E-state index in [-0.39, 0.29) is 11.3 Å². The van der Waals surface area contributed by atoms with Crippen LogP contribution in [0.4, 0.5) is 14.5 Å². The second-order valence-electron chi connectivity index (χ2n) is 2.51. The summed E-state index contributed by atoms with van der Waals surface area (Å²) in [6, 6.07) is 1.66. The molecule has 0 aliphatic carbocycles. The molecule has 0 atom stereocenters. The molecule has 1 aromatic heterocycles. The molecule has 0 unspecified atom stereocenters. The highest BCUT2D eigenvalue weighted by Gasteiger charge is 2.17. The molecule has 2 N–H and O–H groups in total. The summed E-state index contributed by atoms with van der Waals surface area (Å²) in [5.74, 6) is 0. The van der Waals surface area contributed by atoms with Crippen LogP contribution < -0.4 is 5.73 Å². The number of rotatable bonds is 1. The van der Waals surface area contributed by atoms with Crippen LogP contribution in [-0.4, -0.2) is 4.98 Å². The normalized spacial score (nSPS) is 10.1. The lowest BCUT2D eigenvalue weighted by atomic mass is 10.1. The topological polar surface area (TPSA) is 62.7 Å². The van der Waals surface area contributed by atoms with Crippen LogP contribution in [0.15, 0.2) is 6.20 Å². The Morgan fingerprint density at radius 1 is 1.62 bits per heavy atom. The summed E-state index contributed by atoms with van der Waals surface area (Å²) >= 11 is 0. The van der Waals surface area contributed by atoms with Gasteiger partial charge in [-0.1, -0.05) is 0 Å². The zero-order valence-corrected chi connectivity index (χ0v) is 6.88. The molecule has 0 spiro atoms. The van der Waals surface area contributed by atoms with Gasteiger partial charge >= 0.3 is 0 Å². The number of alkyl halides is 2. The molecule has 0 saturated heterocycles. The Morgan fingerprint density at radius 2 is 2.23 bits per heavy atom. The van der Waals surface area contributed by atoms with Crippen molar-refractivity contribution >= 4 is 5.69 Å². The Balaban J connectivity index is 3.41. The first-order chi connectivity index (χ1) is 6.07. The lowest BCUT2D eigenvalue weighted by Crippen LogP contribution is -2.01. The molecule has 0 radical (unpaired) electrons. The summed E-state index contributed by atoms with van der Waals surface area (Å²) in [5, 5.41) is 8.59. The van der Waals surface area contributed by atoms with E-state index in [4.69, 9.17) is 11.0 Å². The van der Waals surface area contributed by atoms with E-state index in [1.165, 1.54) is 6.92 Å². The molecule has 0 aromatic carbocycles. The van der Waals surface area contributed by atoms with E-state index in [0.29, 0.717) is 5.56 Å². The minimum atomic E-state index is -2.74. The van der Waals surface area contributed by atoms with Gasteiger partial charge in [0.05, 0.1) is 17.4 Å². The molecule has 68 valence electrons. The van der Waals surface area contributed by atoms with Crippen LogP contribution in [0.3, 0.4) is 0 Å². The maximum atomic E-state index is 12.3. The highest BCUT2D eigenvalue weighted by atomic mass is 19.3. The van der Waals surface area contributed by atoms with Crippen molar-refractivity contribution in [3.63, 3.8) is 0 Å². The third-order valence-electron chi connectivity index (χ3n) is 1.73. The van der Waals surface area contributed by atoms with Gasteiger partial charge in [0.15, 0.2) is 0 Å². The zero-order valence-electron chi connectivity index (χ0n) is 6.88. The fourth-order valence-electron chi connectivity index (χ4n) is 0.943. The lowest BCUT2D eigenvalue weighted by molar-refractivity contribution is 0.145. The van der Waals surface area contributed by atoms with E-state index in [2.05, 4.69) is 4.98 Å². The third-order valence-corrected chi connectivity index (χ3v) is 1.73. The van der Waals surface area contributed by atoms with E-state index in [1.54, 1.807) is 6.07 Å². The molecular weight excluding hydrogens is 176 g/mol. The lowest BCUT2D eigenvalue weighted by Gasteiger charge is -2.06. The number of anilines is 1. The van der Waals surface area contributed by atoms with Gasteiger partial charge in [-0.15, -0.1) is 0 Å². The molecule has 0 bridgehead atoms. The Kier molecular flexibility index (Phi) is 2.42. The predicted molar refractivity (Wildman–Crippen MR) is 43.1 cm³/mol. The van der Waals surface area contributed by atoms with Crippen LogP contribution in [0.2, 0.25) is 0 Å². The summed E-state index contributed by atoms with van der Waals surface area (Å²) in [6.45, 7) is 1.52. The van der Waals surface area contributed by atoms with Gasteiger partial charge in [-0.05, 0) is 12.5 Å². The number of hydrogen-bond donors (Lipinski definition) is 1. The van der Waals surface area contributed by atoms with Crippen LogP contribution in [-0.2, 0) is 0 Å². The molecule has 3 nitrogen and oxygen atoms in total. The first kappa shape index (κ1) is 9.39. The average molecular weight is 183 g/mol. The summed E-state index contributed by atoms with van der Waals surface area (Å²) < 4.78 is 24.5. The van der Waals surface area contributed by atoms with Crippen LogP contribution in [0.5, 0.6) is 0 Å². The smallest absolute Gasteiger partial charge is 0.281 e. The highest BCUT2D eigenvalue weighted by Crippen LogP contribution is 2.24. The second kappa shape index (κ2) is 3.35. The van der Waals surface area contributed by atoms with Gasteiger partial charge in [-0.2, -0.15) is 5.26 Å². The fraction of sp³-hybridized carbons (Fsp3) is 0.250. The highest BCUT2D eigenvalue weighted by molar-refractivity contribution is 5.54. The van der Waals surface area contributed by atoms with E-state index in [1.807, 2.05) is 0 Å². The van der Waals surface area contributed by atoms with Gasteiger partial charge in [-0.3, -0.25) is 4.98 Å². The van der Waals surface area contributed by atoms with Crippen molar-refractivity contribution in [2.75, 3.05) is 5.73 Å². The molecule has 0 aliphatic rings. The van der Waals surface area contributed by atoms with Gasteiger partial charge in [0.2, 0.25) is 0 Å². The summed E-state index contributed by atoms with van der Waals surface area (Å²) in [5.41, 5.74) is 5.38. The molecule has 0 aliphatic heterocycles. The maximum absolute atomic E-state index is 12.3. The Labute approximate surface area is 73.8 Å². The van der Waals surface area contributed by atoms with Crippen molar-refractivity contribution in [3.8, 4) is 6.07 Å².